The quantitative estimate of drug-likeness (QED) is 0.814. The molecule has 0 aliphatic carbocycles. The lowest BCUT2D eigenvalue weighted by atomic mass is 10.1. The molecular formula is C12H18N2O. The minimum atomic E-state index is -0.0137. The van der Waals surface area contributed by atoms with Gasteiger partial charge in [0.25, 0.3) is 0 Å². The van der Waals surface area contributed by atoms with E-state index in [0.717, 1.165) is 12.1 Å². The minimum absolute atomic E-state index is 0.0137. The number of carbonyl (C=O) groups excluding carboxylic acids is 1. The van der Waals surface area contributed by atoms with Crippen LogP contribution in [0.1, 0.15) is 13.3 Å². The van der Waals surface area contributed by atoms with E-state index in [9.17, 15) is 4.79 Å². The van der Waals surface area contributed by atoms with Crippen LogP contribution in [0.25, 0.3) is 0 Å². The van der Waals surface area contributed by atoms with Crippen molar-refractivity contribution in [1.29, 1.82) is 0 Å². The molecule has 1 aromatic rings. The molecule has 0 heterocycles. The Morgan fingerprint density at radius 3 is 2.53 bits per heavy atom. The number of para-hydroxylation sites is 1. The molecule has 0 saturated heterocycles. The summed E-state index contributed by atoms with van der Waals surface area (Å²) in [6, 6.07) is 9.63. The number of carbonyl (C=O) groups is 1. The highest BCUT2D eigenvalue weighted by Crippen LogP contribution is 2.15. The number of amides is 1. The molecule has 3 heteroatoms. The number of nitrogens with zero attached hydrogens (tertiary/aromatic N) is 1. The summed E-state index contributed by atoms with van der Waals surface area (Å²) < 4.78 is 0. The van der Waals surface area contributed by atoms with E-state index >= 15 is 0 Å². The van der Waals surface area contributed by atoms with Gasteiger partial charge in [0.1, 0.15) is 0 Å². The van der Waals surface area contributed by atoms with Crippen molar-refractivity contribution in [3.63, 3.8) is 0 Å². The SMILES string of the molecule is CC(CCN)C(=O)N(C)c1ccccc1. The first-order valence-corrected chi connectivity index (χ1v) is 5.19. The Morgan fingerprint density at radius 2 is 2.00 bits per heavy atom. The maximum atomic E-state index is 11.9. The lowest BCUT2D eigenvalue weighted by molar-refractivity contribution is -0.121. The van der Waals surface area contributed by atoms with E-state index in [0.29, 0.717) is 6.54 Å². The molecule has 0 fully saturated rings. The van der Waals surface area contributed by atoms with Crippen LogP contribution in [0.4, 0.5) is 5.69 Å². The van der Waals surface area contributed by atoms with Gasteiger partial charge in [0.05, 0.1) is 0 Å². The van der Waals surface area contributed by atoms with E-state index in [4.69, 9.17) is 5.73 Å². The number of hydrogen-bond donors (Lipinski definition) is 1. The first-order valence-electron chi connectivity index (χ1n) is 5.19. The third kappa shape index (κ3) is 3.06. The molecular weight excluding hydrogens is 188 g/mol. The Hall–Kier alpha value is -1.35. The molecule has 0 aromatic heterocycles. The zero-order valence-electron chi connectivity index (χ0n) is 9.31. The van der Waals surface area contributed by atoms with Gasteiger partial charge in [0.15, 0.2) is 0 Å². The number of hydrogen-bond acceptors (Lipinski definition) is 2. The van der Waals surface area contributed by atoms with Gasteiger partial charge >= 0.3 is 0 Å². The van der Waals surface area contributed by atoms with E-state index in [1.54, 1.807) is 11.9 Å². The van der Waals surface area contributed by atoms with E-state index in [1.807, 2.05) is 37.3 Å². The average Bonchev–Trinajstić information content (AvgIpc) is 2.28. The lowest BCUT2D eigenvalue weighted by Gasteiger charge is -2.21. The number of anilines is 1. The molecule has 0 bridgehead atoms. The average molecular weight is 206 g/mol. The van der Waals surface area contributed by atoms with Gasteiger partial charge in [-0.15, -0.1) is 0 Å². The van der Waals surface area contributed by atoms with E-state index in [-0.39, 0.29) is 11.8 Å². The van der Waals surface area contributed by atoms with E-state index in [1.165, 1.54) is 0 Å². The Bertz CT molecular complexity index is 311. The molecule has 2 N–H and O–H groups in total. The van der Waals surface area contributed by atoms with Crippen LogP contribution in [0.15, 0.2) is 30.3 Å². The monoisotopic (exact) mass is 206 g/mol. The van der Waals surface area contributed by atoms with Crippen LogP contribution in [0.3, 0.4) is 0 Å². The number of rotatable bonds is 4. The summed E-state index contributed by atoms with van der Waals surface area (Å²) in [6.45, 7) is 2.46. The van der Waals surface area contributed by atoms with Crippen molar-refractivity contribution < 1.29 is 4.79 Å². The van der Waals surface area contributed by atoms with Crippen molar-refractivity contribution >= 4 is 11.6 Å². The second-order valence-electron chi connectivity index (χ2n) is 3.71. The summed E-state index contributed by atoms with van der Waals surface area (Å²) in [5.41, 5.74) is 6.36. The number of benzene rings is 1. The van der Waals surface area contributed by atoms with Gasteiger partial charge in [-0.05, 0) is 25.1 Å². The molecule has 15 heavy (non-hydrogen) atoms. The molecule has 82 valence electrons. The van der Waals surface area contributed by atoms with Crippen molar-refractivity contribution in [2.24, 2.45) is 11.7 Å². The summed E-state index contributed by atoms with van der Waals surface area (Å²) in [4.78, 5) is 13.6. The second kappa shape index (κ2) is 5.51. The van der Waals surface area contributed by atoms with Crippen LogP contribution in [-0.2, 0) is 4.79 Å². The molecule has 0 aliphatic heterocycles. The maximum absolute atomic E-state index is 11.9. The fraction of sp³-hybridized carbons (Fsp3) is 0.417. The fourth-order valence-electron chi connectivity index (χ4n) is 1.48. The van der Waals surface area contributed by atoms with Crippen molar-refractivity contribution in [2.75, 3.05) is 18.5 Å². The minimum Gasteiger partial charge on any atom is -0.330 e. The predicted octanol–water partition coefficient (Wildman–Crippen LogP) is 1.63. The van der Waals surface area contributed by atoms with Crippen LogP contribution >= 0.6 is 0 Å². The van der Waals surface area contributed by atoms with Crippen molar-refractivity contribution in [3.8, 4) is 0 Å². The molecule has 1 rings (SSSR count). The summed E-state index contributed by atoms with van der Waals surface area (Å²) >= 11 is 0. The van der Waals surface area contributed by atoms with Crippen LogP contribution in [-0.4, -0.2) is 19.5 Å². The van der Waals surface area contributed by atoms with Crippen molar-refractivity contribution in [3.05, 3.63) is 30.3 Å². The van der Waals surface area contributed by atoms with Gasteiger partial charge in [-0.25, -0.2) is 0 Å². The van der Waals surface area contributed by atoms with Crippen LogP contribution in [0, 0.1) is 5.92 Å². The Labute approximate surface area is 90.9 Å². The highest BCUT2D eigenvalue weighted by Gasteiger charge is 2.17. The van der Waals surface area contributed by atoms with Gasteiger partial charge < -0.3 is 10.6 Å². The highest BCUT2D eigenvalue weighted by atomic mass is 16.2. The summed E-state index contributed by atoms with van der Waals surface area (Å²) in [6.07, 6.45) is 0.732. The molecule has 0 aliphatic rings. The first-order chi connectivity index (χ1) is 7.16. The normalized spacial score (nSPS) is 12.2. The largest absolute Gasteiger partial charge is 0.330 e. The third-order valence-electron chi connectivity index (χ3n) is 2.50. The summed E-state index contributed by atoms with van der Waals surface area (Å²) in [7, 11) is 1.80. The molecule has 1 amide bonds. The van der Waals surface area contributed by atoms with Crippen LogP contribution < -0.4 is 10.6 Å². The molecule has 0 saturated carbocycles. The predicted molar refractivity (Wildman–Crippen MR) is 62.7 cm³/mol. The fourth-order valence-corrected chi connectivity index (χ4v) is 1.48. The molecule has 1 aromatic carbocycles. The van der Waals surface area contributed by atoms with Crippen molar-refractivity contribution in [1.82, 2.24) is 0 Å². The Balaban J connectivity index is 2.69. The van der Waals surface area contributed by atoms with Gasteiger partial charge in [-0.3, -0.25) is 4.79 Å². The molecule has 1 unspecified atom stereocenters. The Kier molecular flexibility index (Phi) is 4.31. The molecule has 3 nitrogen and oxygen atoms in total. The van der Waals surface area contributed by atoms with E-state index in [2.05, 4.69) is 0 Å². The highest BCUT2D eigenvalue weighted by molar-refractivity contribution is 5.94. The lowest BCUT2D eigenvalue weighted by Crippen LogP contribution is -2.32. The first kappa shape index (κ1) is 11.7. The van der Waals surface area contributed by atoms with Gasteiger partial charge in [-0.2, -0.15) is 0 Å². The zero-order valence-corrected chi connectivity index (χ0v) is 9.31. The standard InChI is InChI=1S/C12H18N2O/c1-10(8-9-13)12(15)14(2)11-6-4-3-5-7-11/h3-7,10H,8-9,13H2,1-2H3. The smallest absolute Gasteiger partial charge is 0.229 e. The molecule has 1 atom stereocenters. The third-order valence-corrected chi connectivity index (χ3v) is 2.50. The van der Waals surface area contributed by atoms with Crippen LogP contribution in [0.2, 0.25) is 0 Å². The number of nitrogens with two attached hydrogens (primary N) is 1. The van der Waals surface area contributed by atoms with Gasteiger partial charge in [0, 0.05) is 18.7 Å². The molecule has 0 spiro atoms. The zero-order chi connectivity index (χ0) is 11.3. The molecule has 0 radical (unpaired) electrons. The second-order valence-corrected chi connectivity index (χ2v) is 3.71. The summed E-state index contributed by atoms with van der Waals surface area (Å²) in [5.74, 6) is 0.104. The van der Waals surface area contributed by atoms with E-state index < -0.39 is 0 Å². The maximum Gasteiger partial charge on any atom is 0.229 e. The summed E-state index contributed by atoms with van der Waals surface area (Å²) in [5, 5.41) is 0. The Morgan fingerprint density at radius 1 is 1.40 bits per heavy atom. The van der Waals surface area contributed by atoms with Gasteiger partial charge in [0.2, 0.25) is 5.91 Å². The topological polar surface area (TPSA) is 46.3 Å². The van der Waals surface area contributed by atoms with Crippen molar-refractivity contribution in [2.45, 2.75) is 13.3 Å². The van der Waals surface area contributed by atoms with Crippen LogP contribution in [0.5, 0.6) is 0 Å². The van der Waals surface area contributed by atoms with Gasteiger partial charge in [-0.1, -0.05) is 25.1 Å².